The number of nitrogens with zero attached hydrogens (tertiary/aromatic N) is 1. The predicted octanol–water partition coefficient (Wildman–Crippen LogP) is 2.01. The van der Waals surface area contributed by atoms with Gasteiger partial charge in [0, 0.05) is 6.07 Å². The van der Waals surface area contributed by atoms with Gasteiger partial charge in [-0.05, 0) is 13.0 Å². The molecule has 0 spiro atoms. The third-order valence-corrected chi connectivity index (χ3v) is 1.83. The molecule has 0 aromatic heterocycles. The molecule has 1 aromatic carbocycles. The summed E-state index contributed by atoms with van der Waals surface area (Å²) in [5.74, 6) is 6.17. The largest absolute Gasteiger partial charge is 0.493 e. The first-order valence-electron chi connectivity index (χ1n) is 4.54. The van der Waals surface area contributed by atoms with E-state index in [1.165, 1.54) is 25.3 Å². The number of nitro benzene ring substituents is 1. The van der Waals surface area contributed by atoms with E-state index in [0.717, 1.165) is 0 Å². The molecule has 1 rings (SSSR count). The Morgan fingerprint density at radius 1 is 1.44 bits per heavy atom. The van der Waals surface area contributed by atoms with E-state index in [4.69, 9.17) is 9.47 Å². The molecular formula is C11H11NO4. The second-order valence-electron chi connectivity index (χ2n) is 2.81. The topological polar surface area (TPSA) is 61.6 Å². The molecule has 0 N–H and O–H groups in total. The molecule has 0 aliphatic rings. The Kier molecular flexibility index (Phi) is 4.16. The third-order valence-electron chi connectivity index (χ3n) is 1.83. The quantitative estimate of drug-likeness (QED) is 0.443. The molecular weight excluding hydrogens is 210 g/mol. The highest BCUT2D eigenvalue weighted by atomic mass is 16.6. The van der Waals surface area contributed by atoms with E-state index in [1.54, 1.807) is 6.92 Å². The number of hydrogen-bond donors (Lipinski definition) is 0. The number of non-ortho nitro benzene ring substituents is 1. The minimum Gasteiger partial charge on any atom is -0.493 e. The molecule has 16 heavy (non-hydrogen) atoms. The molecule has 1 aromatic rings. The maximum Gasteiger partial charge on any atom is 0.273 e. The van der Waals surface area contributed by atoms with Gasteiger partial charge < -0.3 is 9.47 Å². The molecule has 0 aliphatic carbocycles. The lowest BCUT2D eigenvalue weighted by Gasteiger charge is -2.07. The van der Waals surface area contributed by atoms with Gasteiger partial charge >= 0.3 is 0 Å². The summed E-state index contributed by atoms with van der Waals surface area (Å²) in [5.41, 5.74) is -0.0363. The lowest BCUT2D eigenvalue weighted by atomic mass is 10.3. The number of benzene rings is 1. The fourth-order valence-corrected chi connectivity index (χ4v) is 1.08. The highest BCUT2D eigenvalue weighted by Gasteiger charge is 2.11. The van der Waals surface area contributed by atoms with Crippen molar-refractivity contribution in [1.29, 1.82) is 0 Å². The van der Waals surface area contributed by atoms with Crippen molar-refractivity contribution < 1.29 is 14.4 Å². The van der Waals surface area contributed by atoms with Gasteiger partial charge in [-0.25, -0.2) is 0 Å². The average Bonchev–Trinajstić information content (AvgIpc) is 2.29. The molecule has 84 valence electrons. The van der Waals surface area contributed by atoms with Gasteiger partial charge in [0.15, 0.2) is 11.5 Å². The molecule has 0 aliphatic heterocycles. The van der Waals surface area contributed by atoms with E-state index >= 15 is 0 Å². The van der Waals surface area contributed by atoms with Crippen LogP contribution in [0.15, 0.2) is 18.2 Å². The maximum absolute atomic E-state index is 10.5. The van der Waals surface area contributed by atoms with E-state index in [-0.39, 0.29) is 12.3 Å². The van der Waals surface area contributed by atoms with Gasteiger partial charge in [-0.1, -0.05) is 5.92 Å². The lowest BCUT2D eigenvalue weighted by Crippen LogP contribution is -1.98. The molecule has 0 saturated carbocycles. The van der Waals surface area contributed by atoms with Crippen LogP contribution >= 0.6 is 0 Å². The molecule has 0 heterocycles. The monoisotopic (exact) mass is 221 g/mol. The van der Waals surface area contributed by atoms with Crippen molar-refractivity contribution >= 4 is 5.69 Å². The Labute approximate surface area is 93.1 Å². The minimum atomic E-state index is -0.488. The first-order valence-corrected chi connectivity index (χ1v) is 4.54. The van der Waals surface area contributed by atoms with Crippen LogP contribution in [-0.4, -0.2) is 18.6 Å². The van der Waals surface area contributed by atoms with E-state index in [1.807, 2.05) is 0 Å². The molecule has 0 saturated heterocycles. The molecule has 5 nitrogen and oxygen atoms in total. The maximum atomic E-state index is 10.5. The summed E-state index contributed by atoms with van der Waals surface area (Å²) in [6.45, 7) is 1.93. The zero-order chi connectivity index (χ0) is 12.0. The molecule has 0 unspecified atom stereocenters. The van der Waals surface area contributed by atoms with Gasteiger partial charge in [-0.15, -0.1) is 5.92 Å². The Morgan fingerprint density at radius 2 is 2.19 bits per heavy atom. The van der Waals surface area contributed by atoms with Crippen molar-refractivity contribution in [2.75, 3.05) is 13.7 Å². The third kappa shape index (κ3) is 2.89. The molecule has 0 radical (unpaired) electrons. The lowest BCUT2D eigenvalue weighted by molar-refractivity contribution is -0.384. The van der Waals surface area contributed by atoms with Crippen LogP contribution in [0.4, 0.5) is 5.69 Å². The van der Waals surface area contributed by atoms with E-state index in [9.17, 15) is 10.1 Å². The Balaban J connectivity index is 2.91. The summed E-state index contributed by atoms with van der Waals surface area (Å²) in [6, 6.07) is 4.17. The van der Waals surface area contributed by atoms with Gasteiger partial charge in [-0.2, -0.15) is 0 Å². The SMILES string of the molecule is CC#CCOc1ccc([N+](=O)[O-])cc1OC. The zero-order valence-electron chi connectivity index (χ0n) is 9.02. The van der Waals surface area contributed by atoms with Crippen molar-refractivity contribution in [1.82, 2.24) is 0 Å². The van der Waals surface area contributed by atoms with Gasteiger partial charge in [0.25, 0.3) is 5.69 Å². The van der Waals surface area contributed by atoms with E-state index in [0.29, 0.717) is 11.5 Å². The number of hydrogen-bond acceptors (Lipinski definition) is 4. The average molecular weight is 221 g/mol. The van der Waals surface area contributed by atoms with Crippen molar-refractivity contribution in [2.24, 2.45) is 0 Å². The first-order chi connectivity index (χ1) is 7.69. The second kappa shape index (κ2) is 5.61. The fraction of sp³-hybridized carbons (Fsp3) is 0.273. The first kappa shape index (κ1) is 11.9. The van der Waals surface area contributed by atoms with E-state index in [2.05, 4.69) is 11.8 Å². The smallest absolute Gasteiger partial charge is 0.273 e. The van der Waals surface area contributed by atoms with Crippen molar-refractivity contribution in [2.45, 2.75) is 6.92 Å². The molecule has 0 bridgehead atoms. The van der Waals surface area contributed by atoms with Crippen LogP contribution in [0.5, 0.6) is 11.5 Å². The highest BCUT2D eigenvalue weighted by molar-refractivity contribution is 5.48. The number of ether oxygens (including phenoxy) is 2. The van der Waals surface area contributed by atoms with Crippen LogP contribution in [0.3, 0.4) is 0 Å². The summed E-state index contributed by atoms with van der Waals surface area (Å²) in [4.78, 5) is 10.0. The normalized spacial score (nSPS) is 8.88. The summed E-state index contributed by atoms with van der Waals surface area (Å²) < 4.78 is 10.3. The fourth-order valence-electron chi connectivity index (χ4n) is 1.08. The van der Waals surface area contributed by atoms with Gasteiger partial charge in [0.2, 0.25) is 0 Å². The summed E-state index contributed by atoms with van der Waals surface area (Å²) in [5, 5.41) is 10.5. The molecule has 5 heteroatoms. The summed E-state index contributed by atoms with van der Waals surface area (Å²) >= 11 is 0. The van der Waals surface area contributed by atoms with E-state index < -0.39 is 4.92 Å². The summed E-state index contributed by atoms with van der Waals surface area (Å²) in [6.07, 6.45) is 0. The van der Waals surface area contributed by atoms with Crippen LogP contribution in [-0.2, 0) is 0 Å². The second-order valence-corrected chi connectivity index (χ2v) is 2.81. The Hall–Kier alpha value is -2.22. The zero-order valence-corrected chi connectivity index (χ0v) is 9.02. The van der Waals surface area contributed by atoms with Crippen molar-refractivity contribution in [3.63, 3.8) is 0 Å². The van der Waals surface area contributed by atoms with Gasteiger partial charge in [0.05, 0.1) is 18.1 Å². The Bertz CT molecular complexity index is 445. The number of rotatable bonds is 4. The standard InChI is InChI=1S/C11H11NO4/c1-3-4-7-16-10-6-5-9(12(13)14)8-11(10)15-2/h5-6,8H,7H2,1-2H3. The highest BCUT2D eigenvalue weighted by Crippen LogP contribution is 2.30. The van der Waals surface area contributed by atoms with Gasteiger partial charge in [0.1, 0.15) is 6.61 Å². The number of nitro groups is 1. The molecule has 0 amide bonds. The van der Waals surface area contributed by atoms with Crippen LogP contribution in [0.1, 0.15) is 6.92 Å². The van der Waals surface area contributed by atoms with Crippen LogP contribution < -0.4 is 9.47 Å². The van der Waals surface area contributed by atoms with Crippen LogP contribution in [0.2, 0.25) is 0 Å². The predicted molar refractivity (Wildman–Crippen MR) is 58.6 cm³/mol. The minimum absolute atomic E-state index is 0.0363. The van der Waals surface area contributed by atoms with Crippen molar-refractivity contribution in [3.05, 3.63) is 28.3 Å². The Morgan fingerprint density at radius 3 is 2.75 bits per heavy atom. The van der Waals surface area contributed by atoms with Crippen LogP contribution in [0, 0.1) is 22.0 Å². The summed E-state index contributed by atoms with van der Waals surface area (Å²) in [7, 11) is 1.43. The number of methoxy groups -OCH3 is 1. The molecule has 0 fully saturated rings. The van der Waals surface area contributed by atoms with Crippen LogP contribution in [0.25, 0.3) is 0 Å². The molecule has 0 atom stereocenters. The van der Waals surface area contributed by atoms with Crippen molar-refractivity contribution in [3.8, 4) is 23.3 Å². The van der Waals surface area contributed by atoms with Gasteiger partial charge in [-0.3, -0.25) is 10.1 Å².